The summed E-state index contributed by atoms with van der Waals surface area (Å²) in [7, 11) is 1.78. The first-order chi connectivity index (χ1) is 10.2. The second kappa shape index (κ2) is 8.52. The third-order valence-electron chi connectivity index (χ3n) is 4.49. The van der Waals surface area contributed by atoms with Crippen LogP contribution in [0.2, 0.25) is 0 Å². The molecule has 1 heterocycles. The standard InChI is InChI=1S/C18H30N2O/c1-15(2)17(14-21-3)19-13-18(20-11-7-8-12-20)16-9-5-4-6-10-16/h4-6,9-10,15,17-19H,7-8,11-14H2,1-3H3. The predicted molar refractivity (Wildman–Crippen MR) is 88.5 cm³/mol. The van der Waals surface area contributed by atoms with Crippen molar-refractivity contribution in [2.75, 3.05) is 33.4 Å². The van der Waals surface area contributed by atoms with Crippen LogP contribution < -0.4 is 5.32 Å². The number of benzene rings is 1. The van der Waals surface area contributed by atoms with Crippen molar-refractivity contribution in [3.05, 3.63) is 35.9 Å². The number of nitrogens with one attached hydrogen (secondary N) is 1. The fourth-order valence-corrected chi connectivity index (χ4v) is 3.12. The maximum atomic E-state index is 5.35. The first-order valence-corrected chi connectivity index (χ1v) is 8.23. The Bertz CT molecular complexity index is 387. The molecule has 0 spiro atoms. The summed E-state index contributed by atoms with van der Waals surface area (Å²) in [6.45, 7) is 8.72. The van der Waals surface area contributed by atoms with Gasteiger partial charge >= 0.3 is 0 Å². The van der Waals surface area contributed by atoms with Crippen LogP contribution in [0.3, 0.4) is 0 Å². The van der Waals surface area contributed by atoms with Crippen LogP contribution in [0.25, 0.3) is 0 Å². The molecule has 0 radical (unpaired) electrons. The van der Waals surface area contributed by atoms with Gasteiger partial charge in [0, 0.05) is 25.7 Å². The molecule has 1 aliphatic rings. The van der Waals surface area contributed by atoms with Crippen molar-refractivity contribution in [2.24, 2.45) is 5.92 Å². The minimum absolute atomic E-state index is 0.420. The lowest BCUT2D eigenvalue weighted by molar-refractivity contribution is 0.138. The second-order valence-corrected chi connectivity index (χ2v) is 6.38. The fraction of sp³-hybridized carbons (Fsp3) is 0.667. The molecular weight excluding hydrogens is 260 g/mol. The Morgan fingerprint density at radius 3 is 2.38 bits per heavy atom. The van der Waals surface area contributed by atoms with Gasteiger partial charge in [0.2, 0.25) is 0 Å². The maximum Gasteiger partial charge on any atom is 0.0618 e. The van der Waals surface area contributed by atoms with Crippen molar-refractivity contribution in [2.45, 2.75) is 38.8 Å². The van der Waals surface area contributed by atoms with E-state index in [1.54, 1.807) is 7.11 Å². The van der Waals surface area contributed by atoms with Crippen LogP contribution in [0.4, 0.5) is 0 Å². The maximum absolute atomic E-state index is 5.35. The molecular formula is C18H30N2O. The van der Waals surface area contributed by atoms with Crippen LogP contribution in [0.1, 0.15) is 38.3 Å². The summed E-state index contributed by atoms with van der Waals surface area (Å²) >= 11 is 0. The van der Waals surface area contributed by atoms with Gasteiger partial charge in [-0.05, 0) is 37.4 Å². The Hall–Kier alpha value is -0.900. The summed E-state index contributed by atoms with van der Waals surface area (Å²) in [5.74, 6) is 0.583. The van der Waals surface area contributed by atoms with Gasteiger partial charge in [-0.3, -0.25) is 4.90 Å². The number of rotatable bonds is 8. The van der Waals surface area contributed by atoms with Gasteiger partial charge in [0.1, 0.15) is 0 Å². The van der Waals surface area contributed by atoms with E-state index in [0.717, 1.165) is 13.2 Å². The van der Waals surface area contributed by atoms with Gasteiger partial charge < -0.3 is 10.1 Å². The van der Waals surface area contributed by atoms with Gasteiger partial charge in [-0.15, -0.1) is 0 Å². The summed E-state index contributed by atoms with van der Waals surface area (Å²) in [6, 6.07) is 11.8. The van der Waals surface area contributed by atoms with E-state index in [0.29, 0.717) is 18.0 Å². The molecule has 3 heteroatoms. The van der Waals surface area contributed by atoms with E-state index in [-0.39, 0.29) is 0 Å². The van der Waals surface area contributed by atoms with Crippen molar-refractivity contribution >= 4 is 0 Å². The summed E-state index contributed by atoms with van der Waals surface area (Å²) in [4.78, 5) is 2.62. The quantitative estimate of drug-likeness (QED) is 0.796. The number of likely N-dealkylation sites (tertiary alicyclic amines) is 1. The predicted octanol–water partition coefficient (Wildman–Crippen LogP) is 3.08. The van der Waals surface area contributed by atoms with Crippen LogP contribution in [0.15, 0.2) is 30.3 Å². The molecule has 1 aromatic carbocycles. The molecule has 1 fully saturated rings. The Balaban J connectivity index is 2.02. The number of methoxy groups -OCH3 is 1. The molecule has 2 rings (SSSR count). The largest absolute Gasteiger partial charge is 0.383 e. The summed E-state index contributed by atoms with van der Waals surface area (Å²) in [6.07, 6.45) is 2.66. The van der Waals surface area contributed by atoms with Crippen molar-refractivity contribution in [3.8, 4) is 0 Å². The summed E-state index contributed by atoms with van der Waals surface area (Å²) in [5.41, 5.74) is 1.42. The van der Waals surface area contributed by atoms with Gasteiger partial charge in [-0.25, -0.2) is 0 Å². The molecule has 3 nitrogen and oxygen atoms in total. The van der Waals surface area contributed by atoms with E-state index in [2.05, 4.69) is 54.4 Å². The first-order valence-electron chi connectivity index (χ1n) is 8.23. The van der Waals surface area contributed by atoms with E-state index in [4.69, 9.17) is 4.74 Å². The molecule has 2 unspecified atom stereocenters. The Morgan fingerprint density at radius 1 is 1.14 bits per heavy atom. The highest BCUT2D eigenvalue weighted by Crippen LogP contribution is 2.24. The van der Waals surface area contributed by atoms with Crippen molar-refractivity contribution in [3.63, 3.8) is 0 Å². The third kappa shape index (κ3) is 4.80. The van der Waals surface area contributed by atoms with Crippen LogP contribution in [-0.4, -0.2) is 44.3 Å². The highest BCUT2D eigenvalue weighted by molar-refractivity contribution is 5.19. The number of ether oxygens (including phenoxy) is 1. The lowest BCUT2D eigenvalue weighted by Gasteiger charge is -2.31. The average Bonchev–Trinajstić information content (AvgIpc) is 3.01. The molecule has 0 saturated carbocycles. The van der Waals surface area contributed by atoms with E-state index < -0.39 is 0 Å². The average molecular weight is 290 g/mol. The normalized spacial score (nSPS) is 19.0. The molecule has 0 bridgehead atoms. The van der Waals surface area contributed by atoms with Gasteiger partial charge in [0.05, 0.1) is 6.61 Å². The zero-order chi connectivity index (χ0) is 15.1. The zero-order valence-electron chi connectivity index (χ0n) is 13.7. The number of hydrogen-bond acceptors (Lipinski definition) is 3. The molecule has 0 aromatic heterocycles. The minimum atomic E-state index is 0.420. The van der Waals surface area contributed by atoms with E-state index in [1.165, 1.54) is 31.5 Å². The highest BCUT2D eigenvalue weighted by Gasteiger charge is 2.24. The van der Waals surface area contributed by atoms with Crippen LogP contribution in [0.5, 0.6) is 0 Å². The molecule has 1 saturated heterocycles. The Labute approximate surface area is 129 Å². The fourth-order valence-electron chi connectivity index (χ4n) is 3.12. The monoisotopic (exact) mass is 290 g/mol. The van der Waals surface area contributed by atoms with Crippen molar-refractivity contribution in [1.29, 1.82) is 0 Å². The topological polar surface area (TPSA) is 24.5 Å². The van der Waals surface area contributed by atoms with Crippen LogP contribution in [0, 0.1) is 5.92 Å². The van der Waals surface area contributed by atoms with Crippen LogP contribution >= 0.6 is 0 Å². The third-order valence-corrected chi connectivity index (χ3v) is 4.49. The van der Waals surface area contributed by atoms with E-state index in [9.17, 15) is 0 Å². The molecule has 21 heavy (non-hydrogen) atoms. The van der Waals surface area contributed by atoms with Gasteiger partial charge in [0.15, 0.2) is 0 Å². The minimum Gasteiger partial charge on any atom is -0.383 e. The van der Waals surface area contributed by atoms with E-state index in [1.807, 2.05) is 0 Å². The molecule has 1 N–H and O–H groups in total. The molecule has 2 atom stereocenters. The van der Waals surface area contributed by atoms with Crippen molar-refractivity contribution in [1.82, 2.24) is 10.2 Å². The number of nitrogens with zero attached hydrogens (tertiary/aromatic N) is 1. The smallest absolute Gasteiger partial charge is 0.0618 e. The molecule has 1 aromatic rings. The summed E-state index contributed by atoms with van der Waals surface area (Å²) < 4.78 is 5.35. The Kier molecular flexibility index (Phi) is 6.68. The summed E-state index contributed by atoms with van der Waals surface area (Å²) in [5, 5.41) is 3.73. The molecule has 0 amide bonds. The molecule has 0 aliphatic carbocycles. The van der Waals surface area contributed by atoms with Gasteiger partial charge in [0.25, 0.3) is 0 Å². The first kappa shape index (κ1) is 16.5. The zero-order valence-corrected chi connectivity index (χ0v) is 13.7. The highest BCUT2D eigenvalue weighted by atomic mass is 16.5. The lowest BCUT2D eigenvalue weighted by Crippen LogP contribution is -2.43. The molecule has 1 aliphatic heterocycles. The SMILES string of the molecule is COCC(NCC(c1ccccc1)N1CCCC1)C(C)C. The van der Waals surface area contributed by atoms with Crippen molar-refractivity contribution < 1.29 is 4.74 Å². The lowest BCUT2D eigenvalue weighted by atomic mass is 10.0. The van der Waals surface area contributed by atoms with E-state index >= 15 is 0 Å². The molecule has 118 valence electrons. The number of hydrogen-bond donors (Lipinski definition) is 1. The second-order valence-electron chi connectivity index (χ2n) is 6.38. The van der Waals surface area contributed by atoms with Gasteiger partial charge in [-0.2, -0.15) is 0 Å². The van der Waals surface area contributed by atoms with Crippen LogP contribution in [-0.2, 0) is 4.74 Å². The Morgan fingerprint density at radius 2 is 1.81 bits per heavy atom. The van der Waals surface area contributed by atoms with Gasteiger partial charge in [-0.1, -0.05) is 44.2 Å².